The number of hydrogen-bond donors (Lipinski definition) is 1. The first-order chi connectivity index (χ1) is 10.3. The number of nitrogens with one attached hydrogen (secondary N) is 1. The second kappa shape index (κ2) is 7.76. The average Bonchev–Trinajstić information content (AvgIpc) is 2.54. The van der Waals surface area contributed by atoms with Crippen molar-refractivity contribution in [1.29, 1.82) is 0 Å². The lowest BCUT2D eigenvalue weighted by Gasteiger charge is -2.08. The number of ether oxygens (including phenoxy) is 1. The zero-order chi connectivity index (χ0) is 14.9. The van der Waals surface area contributed by atoms with Crippen molar-refractivity contribution in [3.8, 4) is 12.3 Å². The van der Waals surface area contributed by atoms with E-state index in [4.69, 9.17) is 11.2 Å². The van der Waals surface area contributed by atoms with Crippen molar-refractivity contribution in [1.82, 2.24) is 5.32 Å². The maximum absolute atomic E-state index is 11.6. The van der Waals surface area contributed by atoms with Crippen LogP contribution in [0, 0.1) is 12.3 Å². The molecule has 0 aromatic heterocycles. The van der Waals surface area contributed by atoms with Crippen LogP contribution in [0.3, 0.4) is 0 Å². The highest BCUT2D eigenvalue weighted by Crippen LogP contribution is 2.07. The predicted octanol–water partition coefficient (Wildman–Crippen LogP) is 3.14. The molecule has 0 spiro atoms. The number of amides is 1. The Hall–Kier alpha value is -2.73. The van der Waals surface area contributed by atoms with Gasteiger partial charge in [-0.1, -0.05) is 54.5 Å². The molecule has 0 fully saturated rings. The highest BCUT2D eigenvalue weighted by molar-refractivity contribution is 5.67. The number of hydrogen-bond acceptors (Lipinski definition) is 2. The fraction of sp³-hybridized carbons (Fsp3) is 0.167. The molecule has 0 saturated heterocycles. The largest absolute Gasteiger partial charge is 0.445 e. The molecule has 0 aliphatic carbocycles. The van der Waals surface area contributed by atoms with E-state index in [1.54, 1.807) is 0 Å². The van der Waals surface area contributed by atoms with Crippen molar-refractivity contribution in [3.63, 3.8) is 0 Å². The van der Waals surface area contributed by atoms with Crippen molar-refractivity contribution >= 4 is 6.09 Å². The van der Waals surface area contributed by atoms with Crippen LogP contribution in [0.25, 0.3) is 0 Å². The smallest absolute Gasteiger partial charge is 0.407 e. The number of alkyl carbamates (subject to hydrolysis) is 1. The molecule has 0 saturated carbocycles. The summed E-state index contributed by atoms with van der Waals surface area (Å²) in [4.78, 5) is 11.6. The molecule has 1 N–H and O–H groups in total. The van der Waals surface area contributed by atoms with Crippen LogP contribution < -0.4 is 5.32 Å². The van der Waals surface area contributed by atoms with Gasteiger partial charge in [0.05, 0.1) is 0 Å². The summed E-state index contributed by atoms with van der Waals surface area (Å²) in [5.74, 6) is 2.64. The zero-order valence-electron chi connectivity index (χ0n) is 11.7. The van der Waals surface area contributed by atoms with E-state index in [1.165, 1.54) is 0 Å². The van der Waals surface area contributed by atoms with Gasteiger partial charge in [-0.3, -0.25) is 0 Å². The van der Waals surface area contributed by atoms with Gasteiger partial charge in [0.15, 0.2) is 0 Å². The third-order valence-corrected chi connectivity index (χ3v) is 3.05. The van der Waals surface area contributed by atoms with Gasteiger partial charge in [0, 0.05) is 12.1 Å². The lowest BCUT2D eigenvalue weighted by molar-refractivity contribution is 0.140. The van der Waals surface area contributed by atoms with E-state index in [1.807, 2.05) is 54.6 Å². The Morgan fingerprint density at radius 1 is 1.10 bits per heavy atom. The van der Waals surface area contributed by atoms with Gasteiger partial charge in [0.2, 0.25) is 0 Å². The Kier molecular flexibility index (Phi) is 5.42. The Balaban J connectivity index is 1.73. The first kappa shape index (κ1) is 14.7. The summed E-state index contributed by atoms with van der Waals surface area (Å²) in [6.45, 7) is 0.764. The number of carbonyl (C=O) groups is 1. The number of rotatable bonds is 5. The van der Waals surface area contributed by atoms with Crippen LogP contribution in [0.5, 0.6) is 0 Å². The first-order valence-electron chi connectivity index (χ1n) is 6.78. The maximum atomic E-state index is 11.6. The summed E-state index contributed by atoms with van der Waals surface area (Å²) in [6, 6.07) is 17.3. The number of terminal acetylenes is 1. The van der Waals surface area contributed by atoms with Crippen LogP contribution in [-0.2, 0) is 17.8 Å². The molecule has 21 heavy (non-hydrogen) atoms. The van der Waals surface area contributed by atoms with Gasteiger partial charge in [0.1, 0.15) is 6.61 Å². The minimum atomic E-state index is -0.419. The minimum Gasteiger partial charge on any atom is -0.445 e. The standard InChI is InChI=1S/C18H17NO2/c1-2-16-10-6-7-11-17(16)12-13-19-18(20)21-14-15-8-4-3-5-9-15/h1,3-11H,12-14H2,(H,19,20). The second-order valence-electron chi connectivity index (χ2n) is 4.54. The quantitative estimate of drug-likeness (QED) is 0.854. The van der Waals surface area contributed by atoms with Gasteiger partial charge >= 0.3 is 6.09 Å². The molecule has 0 radical (unpaired) electrons. The molecule has 0 aliphatic rings. The van der Waals surface area contributed by atoms with Gasteiger partial charge in [-0.15, -0.1) is 6.42 Å². The Labute approximate surface area is 125 Å². The van der Waals surface area contributed by atoms with Crippen molar-refractivity contribution in [2.45, 2.75) is 13.0 Å². The van der Waals surface area contributed by atoms with Crippen LogP contribution in [0.4, 0.5) is 4.79 Å². The molecular formula is C18H17NO2. The van der Waals surface area contributed by atoms with Crippen LogP contribution in [0.2, 0.25) is 0 Å². The van der Waals surface area contributed by atoms with E-state index in [0.717, 1.165) is 16.7 Å². The third kappa shape index (κ3) is 4.70. The normalized spacial score (nSPS) is 9.67. The van der Waals surface area contributed by atoms with Gasteiger partial charge in [0.25, 0.3) is 0 Å². The van der Waals surface area contributed by atoms with E-state index < -0.39 is 6.09 Å². The number of benzene rings is 2. The van der Waals surface area contributed by atoms with Crippen LogP contribution in [0.1, 0.15) is 16.7 Å². The highest BCUT2D eigenvalue weighted by Gasteiger charge is 2.03. The monoisotopic (exact) mass is 279 g/mol. The van der Waals surface area contributed by atoms with Gasteiger partial charge in [-0.05, 0) is 23.6 Å². The summed E-state index contributed by atoms with van der Waals surface area (Å²) in [5, 5.41) is 2.72. The topological polar surface area (TPSA) is 38.3 Å². The predicted molar refractivity (Wildman–Crippen MR) is 82.7 cm³/mol. The number of carbonyl (C=O) groups excluding carboxylic acids is 1. The SMILES string of the molecule is C#Cc1ccccc1CCNC(=O)OCc1ccccc1. The molecule has 0 unspecified atom stereocenters. The van der Waals surface area contributed by atoms with Gasteiger partial charge in [-0.25, -0.2) is 4.79 Å². The fourth-order valence-electron chi connectivity index (χ4n) is 1.95. The molecule has 2 aromatic rings. The molecule has 2 rings (SSSR count). The lowest BCUT2D eigenvalue weighted by Crippen LogP contribution is -2.26. The van der Waals surface area contributed by atoms with Gasteiger partial charge < -0.3 is 10.1 Å². The van der Waals surface area contributed by atoms with Crippen LogP contribution in [-0.4, -0.2) is 12.6 Å². The molecule has 0 heterocycles. The molecule has 0 atom stereocenters. The van der Waals surface area contributed by atoms with Gasteiger partial charge in [-0.2, -0.15) is 0 Å². The lowest BCUT2D eigenvalue weighted by atomic mass is 10.1. The Morgan fingerprint density at radius 3 is 2.57 bits per heavy atom. The third-order valence-electron chi connectivity index (χ3n) is 3.05. The summed E-state index contributed by atoms with van der Waals surface area (Å²) < 4.78 is 5.13. The zero-order valence-corrected chi connectivity index (χ0v) is 11.7. The molecule has 0 aliphatic heterocycles. The Morgan fingerprint density at radius 2 is 1.81 bits per heavy atom. The van der Waals surface area contributed by atoms with E-state index in [0.29, 0.717) is 13.0 Å². The molecule has 1 amide bonds. The summed E-state index contributed by atoms with van der Waals surface area (Å²) >= 11 is 0. The van der Waals surface area contributed by atoms with E-state index in [2.05, 4.69) is 11.2 Å². The molecule has 106 valence electrons. The van der Waals surface area contributed by atoms with Crippen LogP contribution >= 0.6 is 0 Å². The van der Waals surface area contributed by atoms with Crippen molar-refractivity contribution in [2.24, 2.45) is 0 Å². The first-order valence-corrected chi connectivity index (χ1v) is 6.78. The average molecular weight is 279 g/mol. The molecule has 3 heteroatoms. The van der Waals surface area contributed by atoms with Crippen molar-refractivity contribution < 1.29 is 9.53 Å². The Bertz CT molecular complexity index is 629. The van der Waals surface area contributed by atoms with E-state index in [-0.39, 0.29) is 6.61 Å². The summed E-state index contributed by atoms with van der Waals surface area (Å²) in [6.07, 6.45) is 5.69. The molecule has 2 aromatic carbocycles. The summed E-state index contributed by atoms with van der Waals surface area (Å²) in [5.41, 5.74) is 2.87. The maximum Gasteiger partial charge on any atom is 0.407 e. The van der Waals surface area contributed by atoms with Crippen LogP contribution in [0.15, 0.2) is 54.6 Å². The summed E-state index contributed by atoms with van der Waals surface area (Å²) in [7, 11) is 0. The fourth-order valence-corrected chi connectivity index (χ4v) is 1.95. The van der Waals surface area contributed by atoms with E-state index >= 15 is 0 Å². The second-order valence-corrected chi connectivity index (χ2v) is 4.54. The highest BCUT2D eigenvalue weighted by atomic mass is 16.5. The molecule has 3 nitrogen and oxygen atoms in total. The minimum absolute atomic E-state index is 0.271. The van der Waals surface area contributed by atoms with Crippen molar-refractivity contribution in [3.05, 3.63) is 71.3 Å². The molecular weight excluding hydrogens is 262 g/mol. The van der Waals surface area contributed by atoms with Crippen molar-refractivity contribution in [2.75, 3.05) is 6.54 Å². The van der Waals surface area contributed by atoms with E-state index in [9.17, 15) is 4.79 Å². The molecule has 0 bridgehead atoms.